The Morgan fingerprint density at radius 2 is 1.94 bits per heavy atom. The molecule has 4 nitrogen and oxygen atoms in total. The monoisotopic (exact) mass is 256 g/mol. The van der Waals surface area contributed by atoms with Crippen molar-refractivity contribution in [3.63, 3.8) is 0 Å². The van der Waals surface area contributed by atoms with Gasteiger partial charge in [0.1, 0.15) is 16.8 Å². The molecule has 0 saturated carbocycles. The van der Waals surface area contributed by atoms with Crippen LogP contribution in [0, 0.1) is 11.3 Å². The van der Waals surface area contributed by atoms with Gasteiger partial charge in [0.15, 0.2) is 0 Å². The van der Waals surface area contributed by atoms with Gasteiger partial charge in [0.05, 0.1) is 5.56 Å². The topological polar surface area (TPSA) is 74.0 Å². The van der Waals surface area contributed by atoms with Gasteiger partial charge in [0, 0.05) is 4.90 Å². The lowest BCUT2D eigenvalue weighted by atomic mass is 10.2. The third kappa shape index (κ3) is 2.87. The van der Waals surface area contributed by atoms with Crippen molar-refractivity contribution in [2.75, 3.05) is 0 Å². The number of aromatic carboxylic acids is 1. The standard InChI is InChI=1S/C13H8N2O2S/c14-8-10-2-1-3-12(15-10)18-11-6-4-9(5-7-11)13(16)17/h1-7H,(H,16,17). The molecule has 1 aromatic heterocycles. The van der Waals surface area contributed by atoms with E-state index in [4.69, 9.17) is 10.4 Å². The molecular weight excluding hydrogens is 248 g/mol. The number of hydrogen-bond donors (Lipinski definition) is 1. The van der Waals surface area contributed by atoms with Crippen LogP contribution in [-0.2, 0) is 0 Å². The van der Waals surface area contributed by atoms with Crippen molar-refractivity contribution in [3.8, 4) is 6.07 Å². The second-order valence-electron chi connectivity index (χ2n) is 3.40. The van der Waals surface area contributed by atoms with E-state index < -0.39 is 5.97 Å². The minimum Gasteiger partial charge on any atom is -0.478 e. The molecule has 2 rings (SSSR count). The van der Waals surface area contributed by atoms with E-state index in [-0.39, 0.29) is 5.56 Å². The van der Waals surface area contributed by atoms with E-state index in [1.165, 1.54) is 11.8 Å². The number of aromatic nitrogens is 1. The van der Waals surface area contributed by atoms with E-state index in [0.717, 1.165) is 4.90 Å². The maximum atomic E-state index is 10.7. The molecule has 0 amide bonds. The van der Waals surface area contributed by atoms with Gasteiger partial charge >= 0.3 is 5.97 Å². The largest absolute Gasteiger partial charge is 0.478 e. The van der Waals surface area contributed by atoms with Crippen LogP contribution in [0.4, 0.5) is 0 Å². The third-order valence-electron chi connectivity index (χ3n) is 2.16. The number of pyridine rings is 1. The highest BCUT2D eigenvalue weighted by Gasteiger charge is 2.04. The fourth-order valence-corrected chi connectivity index (χ4v) is 2.12. The molecule has 0 unspecified atom stereocenters. The number of benzene rings is 1. The van der Waals surface area contributed by atoms with Crippen LogP contribution >= 0.6 is 11.8 Å². The number of carbonyl (C=O) groups is 1. The van der Waals surface area contributed by atoms with Crippen LogP contribution in [0.2, 0.25) is 0 Å². The van der Waals surface area contributed by atoms with Crippen LogP contribution in [0.3, 0.4) is 0 Å². The van der Waals surface area contributed by atoms with Crippen molar-refractivity contribution >= 4 is 17.7 Å². The number of rotatable bonds is 3. The van der Waals surface area contributed by atoms with Crippen LogP contribution in [-0.4, -0.2) is 16.1 Å². The molecule has 0 aliphatic heterocycles. The molecule has 1 heterocycles. The molecule has 0 saturated heterocycles. The summed E-state index contributed by atoms with van der Waals surface area (Å²) in [5.74, 6) is -0.948. The summed E-state index contributed by atoms with van der Waals surface area (Å²) in [7, 11) is 0. The van der Waals surface area contributed by atoms with Crippen LogP contribution in [0.5, 0.6) is 0 Å². The van der Waals surface area contributed by atoms with Crippen LogP contribution in [0.15, 0.2) is 52.4 Å². The molecule has 0 aliphatic carbocycles. The average Bonchev–Trinajstić information content (AvgIpc) is 2.39. The van der Waals surface area contributed by atoms with Crippen molar-refractivity contribution < 1.29 is 9.90 Å². The van der Waals surface area contributed by atoms with Crippen molar-refractivity contribution in [2.45, 2.75) is 9.92 Å². The molecular formula is C13H8N2O2S. The lowest BCUT2D eigenvalue weighted by molar-refractivity contribution is 0.0697. The summed E-state index contributed by atoms with van der Waals surface area (Å²) in [6.07, 6.45) is 0. The number of carboxylic acids is 1. The molecule has 0 atom stereocenters. The number of nitriles is 1. The first-order valence-corrected chi connectivity index (χ1v) is 5.89. The van der Waals surface area contributed by atoms with E-state index in [1.54, 1.807) is 42.5 Å². The Hall–Kier alpha value is -2.32. The minimum absolute atomic E-state index is 0.248. The van der Waals surface area contributed by atoms with Gasteiger partial charge in [-0.3, -0.25) is 0 Å². The van der Waals surface area contributed by atoms with Crippen molar-refractivity contribution in [2.24, 2.45) is 0 Å². The van der Waals surface area contributed by atoms with Crippen LogP contribution < -0.4 is 0 Å². The first-order chi connectivity index (χ1) is 8.69. The molecule has 0 radical (unpaired) electrons. The predicted octanol–water partition coefficient (Wildman–Crippen LogP) is 2.80. The Bertz CT molecular complexity index is 618. The normalized spacial score (nSPS) is 9.72. The third-order valence-corrected chi connectivity index (χ3v) is 3.11. The fourth-order valence-electron chi connectivity index (χ4n) is 1.32. The summed E-state index contributed by atoms with van der Waals surface area (Å²) >= 11 is 1.38. The predicted molar refractivity (Wildman–Crippen MR) is 66.5 cm³/mol. The maximum Gasteiger partial charge on any atom is 0.335 e. The Morgan fingerprint density at radius 1 is 1.22 bits per heavy atom. The molecule has 1 aromatic carbocycles. The van der Waals surface area contributed by atoms with Gasteiger partial charge in [-0.15, -0.1) is 0 Å². The molecule has 0 bridgehead atoms. The fraction of sp³-hybridized carbons (Fsp3) is 0. The van der Waals surface area contributed by atoms with Gasteiger partial charge in [0.2, 0.25) is 0 Å². The highest BCUT2D eigenvalue weighted by atomic mass is 32.2. The van der Waals surface area contributed by atoms with Crippen LogP contribution in [0.25, 0.3) is 0 Å². The number of hydrogen-bond acceptors (Lipinski definition) is 4. The molecule has 5 heteroatoms. The van der Waals surface area contributed by atoms with E-state index in [2.05, 4.69) is 4.98 Å². The van der Waals surface area contributed by atoms with Gasteiger partial charge in [-0.25, -0.2) is 9.78 Å². The summed E-state index contributed by atoms with van der Waals surface area (Å²) in [5, 5.41) is 18.2. The van der Waals surface area contributed by atoms with E-state index in [9.17, 15) is 4.79 Å². The second-order valence-corrected chi connectivity index (χ2v) is 4.50. The Labute approximate surface area is 108 Å². The molecule has 0 fully saturated rings. The highest BCUT2D eigenvalue weighted by Crippen LogP contribution is 2.26. The van der Waals surface area contributed by atoms with Gasteiger partial charge in [0.25, 0.3) is 0 Å². The molecule has 2 aromatic rings. The van der Waals surface area contributed by atoms with E-state index in [1.807, 2.05) is 6.07 Å². The first kappa shape index (κ1) is 12.1. The SMILES string of the molecule is N#Cc1cccc(Sc2ccc(C(=O)O)cc2)n1. The summed E-state index contributed by atoms with van der Waals surface area (Å²) in [4.78, 5) is 15.7. The van der Waals surface area contributed by atoms with Gasteiger partial charge in [-0.05, 0) is 36.4 Å². The summed E-state index contributed by atoms with van der Waals surface area (Å²) in [6, 6.07) is 13.7. The van der Waals surface area contributed by atoms with Crippen molar-refractivity contribution in [3.05, 3.63) is 53.7 Å². The molecule has 1 N–H and O–H groups in total. The molecule has 88 valence electrons. The Kier molecular flexibility index (Phi) is 3.60. The Balaban J connectivity index is 2.18. The quantitative estimate of drug-likeness (QED) is 0.914. The lowest BCUT2D eigenvalue weighted by Crippen LogP contribution is -1.94. The summed E-state index contributed by atoms with van der Waals surface area (Å²) in [6.45, 7) is 0. The first-order valence-electron chi connectivity index (χ1n) is 5.07. The van der Waals surface area contributed by atoms with Crippen molar-refractivity contribution in [1.29, 1.82) is 5.26 Å². The maximum absolute atomic E-state index is 10.7. The molecule has 0 aliphatic rings. The van der Waals surface area contributed by atoms with Gasteiger partial charge in [-0.2, -0.15) is 5.26 Å². The zero-order valence-electron chi connectivity index (χ0n) is 9.20. The summed E-state index contributed by atoms with van der Waals surface area (Å²) in [5.41, 5.74) is 0.611. The number of carboxylic acid groups (broad SMARTS) is 1. The van der Waals surface area contributed by atoms with Crippen LogP contribution in [0.1, 0.15) is 16.1 Å². The zero-order chi connectivity index (χ0) is 13.0. The lowest BCUT2D eigenvalue weighted by Gasteiger charge is -2.01. The molecule has 0 spiro atoms. The van der Waals surface area contributed by atoms with E-state index in [0.29, 0.717) is 10.7 Å². The van der Waals surface area contributed by atoms with E-state index >= 15 is 0 Å². The highest BCUT2D eigenvalue weighted by molar-refractivity contribution is 7.99. The Morgan fingerprint density at radius 3 is 2.56 bits per heavy atom. The second kappa shape index (κ2) is 5.34. The molecule has 18 heavy (non-hydrogen) atoms. The van der Waals surface area contributed by atoms with Gasteiger partial charge < -0.3 is 5.11 Å². The van der Waals surface area contributed by atoms with Gasteiger partial charge in [-0.1, -0.05) is 17.8 Å². The zero-order valence-corrected chi connectivity index (χ0v) is 10.0. The average molecular weight is 256 g/mol. The number of nitrogens with zero attached hydrogens (tertiary/aromatic N) is 2. The smallest absolute Gasteiger partial charge is 0.335 e. The minimum atomic E-state index is -0.948. The summed E-state index contributed by atoms with van der Waals surface area (Å²) < 4.78 is 0. The van der Waals surface area contributed by atoms with Crippen molar-refractivity contribution in [1.82, 2.24) is 4.98 Å².